The van der Waals surface area contributed by atoms with E-state index >= 15 is 0 Å². The molecule has 0 aromatic heterocycles. The Balaban J connectivity index is 3.29. The molecule has 19 heavy (non-hydrogen) atoms. The molecule has 8 heteroatoms. The van der Waals surface area contributed by atoms with Gasteiger partial charge in [-0.3, -0.25) is 0 Å². The highest BCUT2D eigenvalue weighted by molar-refractivity contribution is 7.89. The van der Waals surface area contributed by atoms with Gasteiger partial charge in [0.2, 0.25) is 10.0 Å². The number of nitrogens with two attached hydrogens (primary N) is 1. The summed E-state index contributed by atoms with van der Waals surface area (Å²) in [5, 5.41) is 8.86. The lowest BCUT2D eigenvalue weighted by Gasteiger charge is -2.21. The maximum atomic E-state index is 13.8. The van der Waals surface area contributed by atoms with Crippen molar-refractivity contribution in [2.45, 2.75) is 18.2 Å². The Morgan fingerprint density at radius 2 is 1.95 bits per heavy atom. The van der Waals surface area contributed by atoms with Gasteiger partial charge in [-0.15, -0.1) is 0 Å². The van der Waals surface area contributed by atoms with E-state index in [0.717, 1.165) is 16.4 Å². The summed E-state index contributed by atoms with van der Waals surface area (Å²) in [6.07, 6.45) is 0.498. The van der Waals surface area contributed by atoms with Crippen LogP contribution < -0.4 is 5.73 Å². The third kappa shape index (κ3) is 3.20. The molecule has 0 heterocycles. The highest BCUT2D eigenvalue weighted by atomic mass is 32.2. The predicted octanol–water partition coefficient (Wildman–Crippen LogP) is 0.940. The number of anilines is 1. The molecule has 5 nitrogen and oxygen atoms in total. The van der Waals surface area contributed by atoms with Gasteiger partial charge in [-0.25, -0.2) is 17.2 Å². The van der Waals surface area contributed by atoms with Crippen LogP contribution in [0.5, 0.6) is 0 Å². The van der Waals surface area contributed by atoms with Crippen molar-refractivity contribution < 1.29 is 22.3 Å². The molecule has 1 aromatic carbocycles. The van der Waals surface area contributed by atoms with Crippen molar-refractivity contribution in [1.82, 2.24) is 4.31 Å². The van der Waals surface area contributed by atoms with Gasteiger partial charge < -0.3 is 10.8 Å². The Morgan fingerprint density at radius 3 is 2.47 bits per heavy atom. The maximum Gasteiger partial charge on any atom is 0.246 e. The third-order valence-electron chi connectivity index (χ3n) is 2.53. The second kappa shape index (κ2) is 6.27. The SMILES string of the molecule is CCCN(CCO)S(=O)(=O)c1ccc(F)c(N)c1F. The fourth-order valence-electron chi connectivity index (χ4n) is 1.60. The van der Waals surface area contributed by atoms with Gasteiger partial charge in [-0.1, -0.05) is 6.92 Å². The van der Waals surface area contributed by atoms with E-state index in [1.807, 2.05) is 0 Å². The fourth-order valence-corrected chi connectivity index (χ4v) is 3.20. The zero-order valence-corrected chi connectivity index (χ0v) is 11.3. The van der Waals surface area contributed by atoms with Crippen molar-refractivity contribution in [3.05, 3.63) is 23.8 Å². The van der Waals surface area contributed by atoms with Gasteiger partial charge in [-0.05, 0) is 18.6 Å². The van der Waals surface area contributed by atoms with E-state index < -0.39 is 38.8 Å². The van der Waals surface area contributed by atoms with Crippen molar-refractivity contribution >= 4 is 15.7 Å². The van der Waals surface area contributed by atoms with Crippen molar-refractivity contribution in [3.63, 3.8) is 0 Å². The highest BCUT2D eigenvalue weighted by Gasteiger charge is 2.28. The van der Waals surface area contributed by atoms with Crippen molar-refractivity contribution in [2.24, 2.45) is 0 Å². The van der Waals surface area contributed by atoms with E-state index in [9.17, 15) is 17.2 Å². The minimum absolute atomic E-state index is 0.125. The number of hydrogen-bond donors (Lipinski definition) is 2. The summed E-state index contributed by atoms with van der Waals surface area (Å²) < 4.78 is 52.1. The van der Waals surface area contributed by atoms with Crippen LogP contribution in [0, 0.1) is 11.6 Å². The summed E-state index contributed by atoms with van der Waals surface area (Å²) in [6.45, 7) is 1.32. The maximum absolute atomic E-state index is 13.8. The molecule has 1 aromatic rings. The van der Waals surface area contributed by atoms with Gasteiger partial charge in [0, 0.05) is 13.1 Å². The number of sulfonamides is 1. The molecule has 0 radical (unpaired) electrons. The van der Waals surface area contributed by atoms with Crippen LogP contribution in [-0.2, 0) is 10.0 Å². The first-order valence-electron chi connectivity index (χ1n) is 5.70. The number of nitrogens with zero attached hydrogens (tertiary/aromatic N) is 1. The Kier molecular flexibility index (Phi) is 5.21. The van der Waals surface area contributed by atoms with Crippen molar-refractivity contribution in [3.8, 4) is 0 Å². The Hall–Kier alpha value is -1.25. The Labute approximate surface area is 110 Å². The molecule has 0 unspecified atom stereocenters. The monoisotopic (exact) mass is 294 g/mol. The minimum atomic E-state index is -4.14. The molecular formula is C11H16F2N2O3S. The van der Waals surface area contributed by atoms with Crippen LogP contribution >= 0.6 is 0 Å². The quantitative estimate of drug-likeness (QED) is 0.765. The van der Waals surface area contributed by atoms with Crippen LogP contribution in [0.4, 0.5) is 14.5 Å². The fraction of sp³-hybridized carbons (Fsp3) is 0.455. The number of rotatable bonds is 6. The lowest BCUT2D eigenvalue weighted by atomic mass is 10.3. The molecule has 0 saturated carbocycles. The zero-order chi connectivity index (χ0) is 14.6. The van der Waals surface area contributed by atoms with Crippen LogP contribution in [0.3, 0.4) is 0 Å². The summed E-state index contributed by atoms with van der Waals surface area (Å²) >= 11 is 0. The summed E-state index contributed by atoms with van der Waals surface area (Å²) in [4.78, 5) is -0.687. The lowest BCUT2D eigenvalue weighted by molar-refractivity contribution is 0.253. The highest BCUT2D eigenvalue weighted by Crippen LogP contribution is 2.25. The smallest absolute Gasteiger partial charge is 0.246 e. The number of hydrogen-bond acceptors (Lipinski definition) is 4. The summed E-state index contributed by atoms with van der Waals surface area (Å²) in [6, 6.07) is 1.63. The number of nitrogen functional groups attached to an aromatic ring is 1. The van der Waals surface area contributed by atoms with Gasteiger partial charge in [0.25, 0.3) is 0 Å². The topological polar surface area (TPSA) is 83.6 Å². The predicted molar refractivity (Wildman–Crippen MR) is 66.9 cm³/mol. The van der Waals surface area contributed by atoms with Gasteiger partial charge in [-0.2, -0.15) is 4.31 Å². The first kappa shape index (κ1) is 15.8. The minimum Gasteiger partial charge on any atom is -0.395 e. The van der Waals surface area contributed by atoms with Gasteiger partial charge in [0.05, 0.1) is 6.61 Å². The second-order valence-corrected chi connectivity index (χ2v) is 5.81. The van der Waals surface area contributed by atoms with Crippen LogP contribution in [0.15, 0.2) is 17.0 Å². The molecule has 108 valence electrons. The molecule has 0 saturated heterocycles. The summed E-state index contributed by atoms with van der Waals surface area (Å²) in [7, 11) is -4.14. The molecule has 3 N–H and O–H groups in total. The molecule has 0 amide bonds. The zero-order valence-electron chi connectivity index (χ0n) is 10.4. The molecule has 1 rings (SSSR count). The molecule has 0 bridgehead atoms. The van der Waals surface area contributed by atoms with E-state index in [2.05, 4.69) is 0 Å². The second-order valence-electron chi connectivity index (χ2n) is 3.90. The largest absolute Gasteiger partial charge is 0.395 e. The molecular weight excluding hydrogens is 278 g/mol. The van der Waals surface area contributed by atoms with Crippen LogP contribution in [0.2, 0.25) is 0 Å². The summed E-state index contributed by atoms with van der Waals surface area (Å²) in [5.41, 5.74) is 4.31. The first-order valence-corrected chi connectivity index (χ1v) is 7.14. The standard InChI is InChI=1S/C11H16F2N2O3S/c1-2-5-15(6-7-16)19(17,18)9-4-3-8(12)11(14)10(9)13/h3-4,16H,2,5-7,14H2,1H3. The first-order chi connectivity index (χ1) is 8.86. The van der Waals surface area contributed by atoms with Gasteiger partial charge in [0.1, 0.15) is 16.4 Å². The molecule has 0 aliphatic carbocycles. The van der Waals surface area contributed by atoms with Crippen LogP contribution in [0.1, 0.15) is 13.3 Å². The lowest BCUT2D eigenvalue weighted by Crippen LogP contribution is -2.35. The number of aliphatic hydroxyl groups excluding tert-OH is 1. The third-order valence-corrected chi connectivity index (χ3v) is 4.45. The van der Waals surface area contributed by atoms with E-state index in [1.54, 1.807) is 6.92 Å². The molecule has 0 fully saturated rings. The molecule has 0 aliphatic rings. The molecule has 0 atom stereocenters. The Morgan fingerprint density at radius 1 is 1.32 bits per heavy atom. The molecule has 0 aliphatic heterocycles. The van der Waals surface area contributed by atoms with Gasteiger partial charge >= 0.3 is 0 Å². The van der Waals surface area contributed by atoms with Crippen LogP contribution in [0.25, 0.3) is 0 Å². The van der Waals surface area contributed by atoms with Crippen molar-refractivity contribution in [2.75, 3.05) is 25.4 Å². The van der Waals surface area contributed by atoms with Crippen LogP contribution in [-0.4, -0.2) is 37.5 Å². The Bertz CT molecular complexity index is 543. The van der Waals surface area contributed by atoms with E-state index in [4.69, 9.17) is 10.8 Å². The molecule has 0 spiro atoms. The van der Waals surface area contributed by atoms with Crippen molar-refractivity contribution in [1.29, 1.82) is 0 Å². The average molecular weight is 294 g/mol. The van der Waals surface area contributed by atoms with E-state index in [0.29, 0.717) is 6.42 Å². The number of benzene rings is 1. The van der Waals surface area contributed by atoms with Gasteiger partial charge in [0.15, 0.2) is 5.82 Å². The van der Waals surface area contributed by atoms with E-state index in [-0.39, 0.29) is 13.1 Å². The van der Waals surface area contributed by atoms with E-state index in [1.165, 1.54) is 0 Å². The normalized spacial score (nSPS) is 12.1. The average Bonchev–Trinajstić information content (AvgIpc) is 2.35. The number of halogens is 2. The summed E-state index contributed by atoms with van der Waals surface area (Å²) in [5.74, 6) is -2.32. The number of aliphatic hydroxyl groups is 1.